The number of carbonyl (C=O) groups excluding carboxylic acids is 2. The molecule has 0 aromatic heterocycles. The summed E-state index contributed by atoms with van der Waals surface area (Å²) in [4.78, 5) is 27.7. The zero-order valence-electron chi connectivity index (χ0n) is 17.4. The van der Waals surface area contributed by atoms with Crippen molar-refractivity contribution in [2.24, 2.45) is 0 Å². The van der Waals surface area contributed by atoms with Gasteiger partial charge in [-0.1, -0.05) is 69.2 Å². The third kappa shape index (κ3) is 7.00. The molecule has 0 aliphatic heterocycles. The Labute approximate surface area is 173 Å². The summed E-state index contributed by atoms with van der Waals surface area (Å²) in [6.45, 7) is 4.89. The number of halogens is 1. The molecule has 2 amide bonds. The first-order valence-corrected chi connectivity index (χ1v) is 10.4. The molecule has 1 atom stereocenters. The van der Waals surface area contributed by atoms with Gasteiger partial charge < -0.3 is 10.2 Å². The molecule has 5 heteroatoms. The van der Waals surface area contributed by atoms with Gasteiger partial charge in [-0.25, -0.2) is 4.39 Å². The highest BCUT2D eigenvalue weighted by Gasteiger charge is 2.30. The molecule has 2 aromatic rings. The number of rotatable bonds is 11. The summed E-state index contributed by atoms with van der Waals surface area (Å²) in [6, 6.07) is 14.7. The number of hydrogen-bond donors (Lipinski definition) is 1. The molecule has 0 bridgehead atoms. The van der Waals surface area contributed by atoms with Crippen LogP contribution < -0.4 is 5.32 Å². The number of nitrogens with zero attached hydrogens (tertiary/aromatic N) is 1. The van der Waals surface area contributed by atoms with Gasteiger partial charge in [0.05, 0.1) is 0 Å². The molecule has 1 N–H and O–H groups in total. The van der Waals surface area contributed by atoms with Crippen LogP contribution in [0.2, 0.25) is 0 Å². The van der Waals surface area contributed by atoms with Crippen LogP contribution in [0.5, 0.6) is 0 Å². The molecule has 0 aliphatic rings. The van der Waals surface area contributed by atoms with Gasteiger partial charge in [0.1, 0.15) is 11.9 Å². The lowest BCUT2D eigenvalue weighted by Crippen LogP contribution is -2.43. The van der Waals surface area contributed by atoms with Crippen LogP contribution in [0.1, 0.15) is 63.1 Å². The Morgan fingerprint density at radius 1 is 0.966 bits per heavy atom. The lowest BCUT2D eigenvalue weighted by atomic mass is 10.0. The number of amides is 2. The fourth-order valence-corrected chi connectivity index (χ4v) is 3.26. The fourth-order valence-electron chi connectivity index (χ4n) is 3.26. The number of unbranched alkanes of at least 4 members (excludes halogenated alkanes) is 2. The summed E-state index contributed by atoms with van der Waals surface area (Å²) in [5, 5.41) is 3.00. The maximum atomic E-state index is 13.3. The van der Waals surface area contributed by atoms with Crippen molar-refractivity contribution in [2.45, 2.75) is 58.5 Å². The van der Waals surface area contributed by atoms with E-state index in [1.807, 2.05) is 37.3 Å². The van der Waals surface area contributed by atoms with Crippen molar-refractivity contribution >= 4 is 11.8 Å². The van der Waals surface area contributed by atoms with Gasteiger partial charge in [-0.05, 0) is 36.1 Å². The van der Waals surface area contributed by atoms with Gasteiger partial charge in [-0.2, -0.15) is 0 Å². The summed E-state index contributed by atoms with van der Waals surface area (Å²) < 4.78 is 13.3. The predicted molar refractivity (Wildman–Crippen MR) is 114 cm³/mol. The smallest absolute Gasteiger partial charge is 0.247 e. The minimum absolute atomic E-state index is 0.0885. The minimum Gasteiger partial charge on any atom is -0.354 e. The molecule has 156 valence electrons. The lowest BCUT2D eigenvalue weighted by Gasteiger charge is -2.31. The number of benzene rings is 2. The van der Waals surface area contributed by atoms with E-state index in [0.29, 0.717) is 19.4 Å². The molecule has 0 spiro atoms. The minimum atomic E-state index is -0.720. The maximum absolute atomic E-state index is 13.3. The monoisotopic (exact) mass is 398 g/mol. The Bertz CT molecular complexity index is 762. The van der Waals surface area contributed by atoms with Crippen LogP contribution in [-0.2, 0) is 16.1 Å². The molecule has 0 heterocycles. The van der Waals surface area contributed by atoms with Gasteiger partial charge in [0.25, 0.3) is 0 Å². The van der Waals surface area contributed by atoms with Gasteiger partial charge in [0, 0.05) is 19.5 Å². The van der Waals surface area contributed by atoms with Crippen molar-refractivity contribution in [3.63, 3.8) is 0 Å². The van der Waals surface area contributed by atoms with Crippen LogP contribution in [0, 0.1) is 5.82 Å². The van der Waals surface area contributed by atoms with Gasteiger partial charge >= 0.3 is 0 Å². The normalized spacial score (nSPS) is 11.7. The quantitative estimate of drug-likeness (QED) is 0.542. The van der Waals surface area contributed by atoms with E-state index in [4.69, 9.17) is 0 Å². The van der Waals surface area contributed by atoms with Crippen molar-refractivity contribution in [3.05, 3.63) is 71.5 Å². The van der Waals surface area contributed by atoms with E-state index in [2.05, 4.69) is 12.2 Å². The van der Waals surface area contributed by atoms with E-state index in [1.165, 1.54) is 12.1 Å². The summed E-state index contributed by atoms with van der Waals surface area (Å²) in [7, 11) is 0. The van der Waals surface area contributed by atoms with Crippen LogP contribution in [0.25, 0.3) is 0 Å². The molecule has 4 nitrogen and oxygen atoms in total. The third-order valence-corrected chi connectivity index (χ3v) is 4.81. The van der Waals surface area contributed by atoms with Crippen molar-refractivity contribution in [2.75, 3.05) is 6.54 Å². The second-order valence-electron chi connectivity index (χ2n) is 7.21. The van der Waals surface area contributed by atoms with E-state index in [0.717, 1.165) is 30.4 Å². The average Bonchev–Trinajstić information content (AvgIpc) is 2.73. The summed E-state index contributed by atoms with van der Waals surface area (Å²) >= 11 is 0. The molecular weight excluding hydrogens is 367 g/mol. The maximum Gasteiger partial charge on any atom is 0.247 e. The first-order valence-electron chi connectivity index (χ1n) is 10.4. The van der Waals surface area contributed by atoms with Crippen molar-refractivity contribution in [1.82, 2.24) is 10.2 Å². The molecule has 2 rings (SSSR count). The Kier molecular flexibility index (Phi) is 9.35. The molecule has 0 fully saturated rings. The average molecular weight is 399 g/mol. The van der Waals surface area contributed by atoms with Crippen LogP contribution in [-0.4, -0.2) is 23.3 Å². The second kappa shape index (κ2) is 12.0. The van der Waals surface area contributed by atoms with Gasteiger partial charge in [0.15, 0.2) is 0 Å². The summed E-state index contributed by atoms with van der Waals surface area (Å²) in [5.74, 6) is -0.596. The van der Waals surface area contributed by atoms with E-state index >= 15 is 0 Å². The Balaban J connectivity index is 2.32. The summed E-state index contributed by atoms with van der Waals surface area (Å²) in [6.07, 6.45) is 4.07. The molecule has 29 heavy (non-hydrogen) atoms. The summed E-state index contributed by atoms with van der Waals surface area (Å²) in [5.41, 5.74) is 1.56. The zero-order valence-corrected chi connectivity index (χ0v) is 17.4. The van der Waals surface area contributed by atoms with Gasteiger partial charge in [-0.3, -0.25) is 9.59 Å². The van der Waals surface area contributed by atoms with E-state index < -0.39 is 6.04 Å². The Morgan fingerprint density at radius 3 is 2.28 bits per heavy atom. The molecule has 0 radical (unpaired) electrons. The number of hydrogen-bond acceptors (Lipinski definition) is 2. The highest BCUT2D eigenvalue weighted by atomic mass is 19.1. The van der Waals surface area contributed by atoms with Gasteiger partial charge in [-0.15, -0.1) is 0 Å². The lowest BCUT2D eigenvalue weighted by molar-refractivity contribution is -0.141. The van der Waals surface area contributed by atoms with Crippen LogP contribution >= 0.6 is 0 Å². The van der Waals surface area contributed by atoms with Crippen molar-refractivity contribution < 1.29 is 14.0 Å². The molecular formula is C24H31FN2O2. The first kappa shape index (κ1) is 22.6. The SMILES string of the molecule is CCCCCNC(=O)[C@@H](c1ccccc1)N(Cc1ccc(F)cc1)C(=O)CCC. The second-order valence-corrected chi connectivity index (χ2v) is 7.21. The topological polar surface area (TPSA) is 49.4 Å². The molecule has 0 unspecified atom stereocenters. The van der Waals surface area contributed by atoms with E-state index in [9.17, 15) is 14.0 Å². The molecule has 2 aromatic carbocycles. The Morgan fingerprint density at radius 2 is 1.66 bits per heavy atom. The highest BCUT2D eigenvalue weighted by Crippen LogP contribution is 2.25. The molecule has 0 saturated carbocycles. The van der Waals surface area contributed by atoms with Crippen LogP contribution in [0.4, 0.5) is 4.39 Å². The highest BCUT2D eigenvalue weighted by molar-refractivity contribution is 5.88. The third-order valence-electron chi connectivity index (χ3n) is 4.81. The van der Waals surface area contributed by atoms with Crippen molar-refractivity contribution in [3.8, 4) is 0 Å². The predicted octanol–water partition coefficient (Wildman–Crippen LogP) is 5.00. The zero-order chi connectivity index (χ0) is 21.1. The van der Waals surface area contributed by atoms with E-state index in [1.54, 1.807) is 17.0 Å². The number of nitrogens with one attached hydrogen (secondary N) is 1. The van der Waals surface area contributed by atoms with Crippen LogP contribution in [0.3, 0.4) is 0 Å². The molecule has 0 saturated heterocycles. The number of carbonyl (C=O) groups is 2. The van der Waals surface area contributed by atoms with Gasteiger partial charge in [0.2, 0.25) is 11.8 Å². The van der Waals surface area contributed by atoms with Crippen LogP contribution in [0.15, 0.2) is 54.6 Å². The first-order chi connectivity index (χ1) is 14.1. The Hall–Kier alpha value is -2.69. The fraction of sp³-hybridized carbons (Fsp3) is 0.417. The van der Waals surface area contributed by atoms with E-state index in [-0.39, 0.29) is 24.2 Å². The van der Waals surface area contributed by atoms with Crippen molar-refractivity contribution in [1.29, 1.82) is 0 Å². The molecule has 0 aliphatic carbocycles. The standard InChI is InChI=1S/C24H31FN2O2/c1-3-5-9-17-26-24(29)23(20-11-7-6-8-12-20)27(22(28)10-4-2)18-19-13-15-21(25)16-14-19/h6-8,11-16,23H,3-5,9-10,17-18H2,1-2H3,(H,26,29)/t23-/m1/s1. The largest absolute Gasteiger partial charge is 0.354 e.